The highest BCUT2D eigenvalue weighted by Crippen LogP contribution is 2.46. The number of rotatable bonds is 31. The van der Waals surface area contributed by atoms with E-state index in [4.69, 9.17) is 14.2 Å². The Morgan fingerprint density at radius 1 is 0.451 bits per heavy atom. The number of hydrogen-bond acceptors (Lipinski definition) is 22. The van der Waals surface area contributed by atoms with Crippen molar-refractivity contribution in [3.63, 3.8) is 0 Å². The third-order valence-electron chi connectivity index (χ3n) is 30.0. The molecule has 6 aliphatic heterocycles. The van der Waals surface area contributed by atoms with Crippen molar-refractivity contribution in [3.05, 3.63) is 269 Å². The average molecular weight is 1970 g/mol. The van der Waals surface area contributed by atoms with Crippen molar-refractivity contribution in [1.29, 1.82) is 0 Å². The molecule has 8 aromatic heterocycles. The van der Waals surface area contributed by atoms with E-state index in [9.17, 15) is 41.9 Å². The molecule has 4 amide bonds. The lowest BCUT2D eigenvalue weighted by Gasteiger charge is -2.37. The topological polar surface area (TPSA) is 325 Å². The monoisotopic (exact) mass is 1970 g/mol. The van der Waals surface area contributed by atoms with Gasteiger partial charge >= 0.3 is 6.61 Å². The van der Waals surface area contributed by atoms with Gasteiger partial charge in [-0.2, -0.15) is 24.1 Å². The fourth-order valence-corrected chi connectivity index (χ4v) is 22.3. The van der Waals surface area contributed by atoms with E-state index >= 15 is 4.39 Å². The second kappa shape index (κ2) is 43.1. The summed E-state index contributed by atoms with van der Waals surface area (Å²) in [5.74, 6) is 2.39. The first-order chi connectivity index (χ1) is 70.1. The number of H-pyrrole nitrogens is 3. The van der Waals surface area contributed by atoms with Crippen LogP contribution in [0.5, 0.6) is 0 Å². The molecule has 144 heavy (non-hydrogen) atoms. The molecule has 2 saturated carbocycles. The van der Waals surface area contributed by atoms with Gasteiger partial charge in [0.25, 0.3) is 0 Å². The number of carbonyl (C=O) groups is 6. The summed E-state index contributed by atoms with van der Waals surface area (Å²) in [5, 5.41) is 30.7. The highest BCUT2D eigenvalue weighted by molar-refractivity contribution is 7.10. The molecular formula is C111H115F4N19O9S. The number of nitrogens with zero attached hydrogens (tertiary/aromatic N) is 15. The highest BCUT2D eigenvalue weighted by Gasteiger charge is 2.50. The molecule has 28 nitrogen and oxygen atoms in total. The van der Waals surface area contributed by atoms with E-state index in [0.29, 0.717) is 144 Å². The summed E-state index contributed by atoms with van der Waals surface area (Å²) in [4.78, 5) is 121. The molecule has 0 spiro atoms. The fourth-order valence-electron chi connectivity index (χ4n) is 21.4. The number of alkyl halides is 3. The maximum Gasteiger partial charge on any atom is 0.345 e. The molecule has 4 N–H and O–H groups in total. The summed E-state index contributed by atoms with van der Waals surface area (Å²) in [7, 11) is 3.23. The second-order valence-corrected chi connectivity index (χ2v) is 40.7. The molecule has 8 aliphatic rings. The van der Waals surface area contributed by atoms with Crippen molar-refractivity contribution in [2.24, 2.45) is 16.2 Å². The van der Waals surface area contributed by atoms with E-state index in [1.54, 1.807) is 96.5 Å². The van der Waals surface area contributed by atoms with Gasteiger partial charge in [-0.05, 0) is 232 Å². The van der Waals surface area contributed by atoms with Crippen LogP contribution in [0.4, 0.5) is 23.2 Å². The number of ketones is 2. The first-order valence-corrected chi connectivity index (χ1v) is 50.5. The lowest BCUT2D eigenvalue weighted by atomic mass is 9.80. The highest BCUT2D eigenvalue weighted by atomic mass is 32.1. The number of benzene rings is 6. The number of aromatic amines is 3. The second-order valence-electron chi connectivity index (χ2n) is 39.7. The molecule has 0 radical (unpaired) electrons. The predicted molar refractivity (Wildman–Crippen MR) is 542 cm³/mol. The number of ether oxygens (including phenoxy) is 3. The zero-order valence-electron chi connectivity index (χ0n) is 80.6. The Hall–Kier alpha value is -13.7. The van der Waals surface area contributed by atoms with Crippen LogP contribution < -0.4 is 5.32 Å². The molecular weight excluding hydrogens is 1850 g/mol. The van der Waals surface area contributed by atoms with Crippen LogP contribution in [0.2, 0.25) is 0 Å². The number of pyridine rings is 2. The minimum atomic E-state index is -3.00. The molecule has 3 atom stereocenters. The van der Waals surface area contributed by atoms with Crippen LogP contribution in [0.25, 0.3) is 94.8 Å². The minimum Gasteiger partial charge on any atom is -0.384 e. The quantitative estimate of drug-likeness (QED) is 0.0293. The molecule has 2 unspecified atom stereocenters. The van der Waals surface area contributed by atoms with Gasteiger partial charge in [-0.25, -0.2) is 28.7 Å². The van der Waals surface area contributed by atoms with Crippen molar-refractivity contribution in [1.82, 2.24) is 89.9 Å². The molecule has 22 rings (SSSR count). The molecule has 7 fully saturated rings. The number of aromatic nitrogens is 12. The van der Waals surface area contributed by atoms with Gasteiger partial charge in [0.05, 0.1) is 77.9 Å². The van der Waals surface area contributed by atoms with Crippen molar-refractivity contribution in [2.75, 3.05) is 138 Å². The summed E-state index contributed by atoms with van der Waals surface area (Å²) in [5.41, 5.74) is 12.7. The molecule has 14 aromatic rings. The van der Waals surface area contributed by atoms with Gasteiger partial charge in [-0.15, -0.1) is 11.3 Å². The van der Waals surface area contributed by atoms with Crippen molar-refractivity contribution < 1.29 is 60.5 Å². The summed E-state index contributed by atoms with van der Waals surface area (Å²) in [6.07, 6.45) is 22.2. The molecule has 14 heterocycles. The summed E-state index contributed by atoms with van der Waals surface area (Å²) < 4.78 is 72.2. The number of halogens is 4. The Bertz CT molecular complexity index is 6980. The predicted octanol–water partition coefficient (Wildman–Crippen LogP) is 17.3. The Kier molecular flexibility index (Phi) is 29.3. The van der Waals surface area contributed by atoms with Gasteiger partial charge in [0.1, 0.15) is 34.4 Å². The molecule has 0 bridgehead atoms. The maximum absolute atomic E-state index is 16.1. The van der Waals surface area contributed by atoms with Crippen molar-refractivity contribution in [3.8, 4) is 56.5 Å². The smallest absolute Gasteiger partial charge is 0.345 e. The fraction of sp³-hybridized carbons (Fsp3) is 0.378. The third kappa shape index (κ3) is 22.2. The average Bonchev–Trinajstić information content (AvgIpc) is 1.67. The Labute approximate surface area is 835 Å². The summed E-state index contributed by atoms with van der Waals surface area (Å²) >= 11 is 1.80. The number of piperidine rings is 2. The number of likely N-dealkylation sites (tertiary alicyclic amines) is 5. The van der Waals surface area contributed by atoms with Crippen LogP contribution in [0, 0.1) is 22.1 Å². The van der Waals surface area contributed by atoms with E-state index < -0.39 is 35.1 Å². The van der Waals surface area contributed by atoms with E-state index in [0.717, 1.165) is 139 Å². The maximum atomic E-state index is 16.1. The van der Waals surface area contributed by atoms with Crippen LogP contribution in [0.1, 0.15) is 133 Å². The largest absolute Gasteiger partial charge is 0.384 e. The van der Waals surface area contributed by atoms with Crippen molar-refractivity contribution >= 4 is 90.5 Å². The lowest BCUT2D eigenvalue weighted by Crippen LogP contribution is -2.47. The van der Waals surface area contributed by atoms with Crippen LogP contribution >= 0.6 is 11.3 Å². The zero-order valence-corrected chi connectivity index (χ0v) is 81.4. The number of carbonyl (C=O) groups excluding carboxylic acids is 6. The lowest BCUT2D eigenvalue weighted by molar-refractivity contribution is -0.160. The third-order valence-corrected chi connectivity index (χ3v) is 31.0. The number of fused-ring (bicyclic) bond motifs is 3. The number of anilines is 1. The molecule has 6 aromatic carbocycles. The van der Waals surface area contributed by atoms with Crippen LogP contribution in [0.3, 0.4) is 0 Å². The van der Waals surface area contributed by atoms with Gasteiger partial charge < -0.3 is 34.2 Å². The molecule has 2 aliphatic carbocycles. The first-order valence-electron chi connectivity index (χ1n) is 49.6. The molecule has 742 valence electrons. The van der Waals surface area contributed by atoms with Crippen LogP contribution in [-0.2, 0) is 61.5 Å². The van der Waals surface area contributed by atoms with Crippen molar-refractivity contribution in [2.45, 2.75) is 120 Å². The Balaban J connectivity index is 0.000000133. The minimum absolute atomic E-state index is 0.0341. The Morgan fingerprint density at radius 2 is 0.917 bits per heavy atom. The normalized spacial score (nSPS) is 20.0. The SMILES string of the molecule is COCC1(C(=O)Nc2ccc3[nH]nc(-c4ccc(F)cc4)c3c2)CCN(CC(=O)N2CCC(c3cccs3)CC2)C1.COC[C@@]1(C(=O)Cc2ccc3[nH]nc(-c4ccnc(C5CC5)c4)c3c2)CCN(CC(=O)N2CCC(F)(c3ccc(-c4ncccn4)cc3)CC2)C1.O=C(CN1CCC(COC(F)F)(C(=O)Cc2ccc3[nH]nc(-c4ccnc(C5CC5)c4)c3c2)C1)N1CC=C(c2ccc(-c3ncccn3)cc2)CC1. The van der Waals surface area contributed by atoms with E-state index in [1.165, 1.54) is 35.4 Å². The number of nitrogens with one attached hydrogen (secondary N) is 4. The van der Waals surface area contributed by atoms with Crippen LogP contribution in [0.15, 0.2) is 225 Å². The van der Waals surface area contributed by atoms with Crippen LogP contribution in [-0.4, -0.2) is 264 Å². The number of hydrogen-bond donors (Lipinski definition) is 4. The standard InChI is InChI=1S/C40H39F2N7O3.C40H42FN7O3.C31H34FN5O3S/c41-39(42)52-25-40(35(50)21-26-2-9-33-32(20-26)37(47-46-33)31-10-16-43-34(22-31)29-5-6-29)13-19-48(24-40)23-36(51)49-17-11-28(12-18-49)27-3-7-30(8-4-27)38-44-14-1-15-45-38;1-51-26-39(35(49)22-27-3-10-33-32(21-27)37(46-45-33)30-11-17-42-34(23-30)28-4-5-28)12-18-47(25-39)24-36(50)48-19-13-40(41,14-20-48)31-8-6-29(7-9-31)38-43-15-2-16-44-38;1-40-20-31(12-15-36(19-31)18-28(38)37-13-10-21(11-14-37)27-3-2-16-41-27)30(39)33-24-8-9-26-25(17-24)29(35-34-26)22-4-6-23(32)7-5-22/h1-4,7-11,14-16,20,22,29,39H,5-6,12-13,17-19,21,23-25H2,(H,46,47);2-3,6-11,15-17,21,23,28H,4-5,12-14,18-20,22,24-26H2,1H3,(H,45,46);2-9,16-17,21H,10-15,18-20H2,1H3,(H,33,39)(H,34,35)/t;39-;/m.1./s1. The molecule has 33 heteroatoms. The number of thiophene rings is 1. The van der Waals surface area contributed by atoms with Gasteiger partial charge in [-0.3, -0.25) is 68.7 Å². The van der Waals surface area contributed by atoms with Gasteiger partial charge in [0, 0.05) is 214 Å². The zero-order chi connectivity index (χ0) is 99.1. The van der Waals surface area contributed by atoms with Gasteiger partial charge in [0.2, 0.25) is 23.6 Å². The molecule has 5 saturated heterocycles. The van der Waals surface area contributed by atoms with Gasteiger partial charge in [0.15, 0.2) is 11.6 Å². The summed E-state index contributed by atoms with van der Waals surface area (Å²) in [6.45, 7) is 3.85. The Morgan fingerprint density at radius 3 is 1.42 bits per heavy atom. The van der Waals surface area contributed by atoms with E-state index in [1.807, 2.05) is 107 Å². The first kappa shape index (κ1) is 97.8. The number of amides is 4. The van der Waals surface area contributed by atoms with Gasteiger partial charge in [-0.1, -0.05) is 72.8 Å². The van der Waals surface area contributed by atoms with E-state index in [-0.39, 0.29) is 92.9 Å². The number of methoxy groups -OCH3 is 2. The summed E-state index contributed by atoms with van der Waals surface area (Å²) in [6, 6.07) is 54.9. The van der Waals surface area contributed by atoms with E-state index in [2.05, 4.69) is 130 Å². The number of Topliss-reactive ketones (excluding diaryl/α,β-unsaturated/α-hetero) is 2.